The molecule has 17 heavy (non-hydrogen) atoms. The fourth-order valence-electron chi connectivity index (χ4n) is 2.58. The maximum atomic E-state index is 6.32. The fraction of sp³-hybridized carbons (Fsp3) is 0.462. The summed E-state index contributed by atoms with van der Waals surface area (Å²) < 4.78 is 5.70. The highest BCUT2D eigenvalue weighted by Crippen LogP contribution is 2.31. The van der Waals surface area contributed by atoms with E-state index in [1.165, 1.54) is 12.8 Å². The van der Waals surface area contributed by atoms with Gasteiger partial charge in [-0.2, -0.15) is 0 Å². The highest BCUT2D eigenvalue weighted by atomic mass is 35.5. The van der Waals surface area contributed by atoms with Gasteiger partial charge in [0.2, 0.25) is 0 Å². The molecule has 1 aromatic heterocycles. The lowest BCUT2D eigenvalue weighted by atomic mass is 9.95. The summed E-state index contributed by atoms with van der Waals surface area (Å²) in [7, 11) is 0. The van der Waals surface area contributed by atoms with Gasteiger partial charge in [-0.1, -0.05) is 24.4 Å². The minimum Gasteiger partial charge on any atom is -0.441 e. The Kier molecular flexibility index (Phi) is 2.60. The second-order valence-electron chi connectivity index (χ2n) is 4.97. The van der Waals surface area contributed by atoms with E-state index in [-0.39, 0.29) is 5.54 Å². The molecule has 4 heteroatoms. The van der Waals surface area contributed by atoms with Gasteiger partial charge in [-0.25, -0.2) is 4.98 Å². The first kappa shape index (κ1) is 11.1. The van der Waals surface area contributed by atoms with Crippen LogP contribution in [0.25, 0.3) is 11.1 Å². The average molecular weight is 251 g/mol. The van der Waals surface area contributed by atoms with E-state index in [0.29, 0.717) is 5.02 Å². The molecule has 0 unspecified atom stereocenters. The molecular formula is C13H15ClN2O. The van der Waals surface area contributed by atoms with Gasteiger partial charge in [0.05, 0.1) is 0 Å². The van der Waals surface area contributed by atoms with Gasteiger partial charge in [0.25, 0.3) is 0 Å². The molecule has 1 fully saturated rings. The number of halogens is 1. The Morgan fingerprint density at radius 1 is 1.35 bits per heavy atom. The van der Waals surface area contributed by atoms with Gasteiger partial charge in [0.1, 0.15) is 5.52 Å². The molecule has 90 valence electrons. The van der Waals surface area contributed by atoms with Crippen molar-refractivity contribution in [1.82, 2.24) is 4.98 Å². The van der Waals surface area contributed by atoms with Crippen molar-refractivity contribution in [2.24, 2.45) is 5.73 Å². The normalized spacial score (nSPS) is 18.9. The van der Waals surface area contributed by atoms with Crippen LogP contribution in [0.4, 0.5) is 0 Å². The Hall–Kier alpha value is -1.06. The third kappa shape index (κ3) is 2.17. The van der Waals surface area contributed by atoms with Crippen molar-refractivity contribution >= 4 is 22.7 Å². The summed E-state index contributed by atoms with van der Waals surface area (Å²) in [4.78, 5) is 4.45. The van der Waals surface area contributed by atoms with Crippen LogP contribution in [0.3, 0.4) is 0 Å². The quantitative estimate of drug-likeness (QED) is 0.890. The van der Waals surface area contributed by atoms with Gasteiger partial charge in [-0.3, -0.25) is 0 Å². The summed E-state index contributed by atoms with van der Waals surface area (Å²) in [6, 6.07) is 5.49. The lowest BCUT2D eigenvalue weighted by Crippen LogP contribution is -2.38. The van der Waals surface area contributed by atoms with Crippen LogP contribution in [0.5, 0.6) is 0 Å². The molecule has 0 aliphatic heterocycles. The molecule has 0 saturated heterocycles. The molecule has 1 saturated carbocycles. The first-order valence-electron chi connectivity index (χ1n) is 5.99. The average Bonchev–Trinajstić information content (AvgIpc) is 2.84. The minimum absolute atomic E-state index is 0.120. The van der Waals surface area contributed by atoms with Gasteiger partial charge in [0, 0.05) is 17.0 Å². The second-order valence-corrected chi connectivity index (χ2v) is 5.40. The van der Waals surface area contributed by atoms with E-state index in [1.54, 1.807) is 0 Å². The SMILES string of the molecule is NC1(Cc2nc3cc(Cl)ccc3o2)CCCC1. The van der Waals surface area contributed by atoms with E-state index in [0.717, 1.165) is 36.3 Å². The summed E-state index contributed by atoms with van der Waals surface area (Å²) in [5.74, 6) is 0.728. The third-order valence-electron chi connectivity index (χ3n) is 3.50. The zero-order chi connectivity index (χ0) is 11.9. The van der Waals surface area contributed by atoms with Crippen molar-refractivity contribution in [1.29, 1.82) is 0 Å². The lowest BCUT2D eigenvalue weighted by molar-refractivity contribution is 0.385. The topological polar surface area (TPSA) is 52.0 Å². The van der Waals surface area contributed by atoms with Crippen molar-refractivity contribution in [3.63, 3.8) is 0 Å². The maximum Gasteiger partial charge on any atom is 0.197 e. The Bertz CT molecular complexity index is 543. The Balaban J connectivity index is 1.90. The molecule has 1 aliphatic rings. The number of nitrogens with two attached hydrogens (primary N) is 1. The van der Waals surface area contributed by atoms with E-state index in [9.17, 15) is 0 Å². The highest BCUT2D eigenvalue weighted by Gasteiger charge is 2.31. The summed E-state index contributed by atoms with van der Waals surface area (Å²) in [6.07, 6.45) is 5.27. The molecule has 1 heterocycles. The molecule has 1 aliphatic carbocycles. The Morgan fingerprint density at radius 3 is 2.88 bits per heavy atom. The molecule has 2 N–H and O–H groups in total. The largest absolute Gasteiger partial charge is 0.441 e. The van der Waals surface area contributed by atoms with Crippen LogP contribution in [0.1, 0.15) is 31.6 Å². The third-order valence-corrected chi connectivity index (χ3v) is 3.73. The number of aromatic nitrogens is 1. The highest BCUT2D eigenvalue weighted by molar-refractivity contribution is 6.31. The second kappa shape index (κ2) is 4.00. The predicted octanol–water partition coefficient (Wildman–Crippen LogP) is 3.30. The van der Waals surface area contributed by atoms with Gasteiger partial charge in [-0.15, -0.1) is 0 Å². The number of rotatable bonds is 2. The molecule has 3 rings (SSSR count). The fourth-order valence-corrected chi connectivity index (χ4v) is 2.75. The number of oxazole rings is 1. The molecule has 0 atom stereocenters. The van der Waals surface area contributed by atoms with Crippen LogP contribution < -0.4 is 5.73 Å². The summed E-state index contributed by atoms with van der Waals surface area (Å²) in [5, 5.41) is 0.681. The first-order valence-corrected chi connectivity index (χ1v) is 6.36. The predicted molar refractivity (Wildman–Crippen MR) is 68.1 cm³/mol. The number of nitrogens with zero attached hydrogens (tertiary/aromatic N) is 1. The molecule has 2 aromatic rings. The molecule has 0 radical (unpaired) electrons. The van der Waals surface area contributed by atoms with Crippen molar-refractivity contribution < 1.29 is 4.42 Å². The van der Waals surface area contributed by atoms with E-state index < -0.39 is 0 Å². The lowest BCUT2D eigenvalue weighted by Gasteiger charge is -2.20. The van der Waals surface area contributed by atoms with E-state index in [2.05, 4.69) is 4.98 Å². The molecule has 3 nitrogen and oxygen atoms in total. The summed E-state index contributed by atoms with van der Waals surface area (Å²) in [5.41, 5.74) is 7.79. The smallest absolute Gasteiger partial charge is 0.197 e. The van der Waals surface area contributed by atoms with Gasteiger partial charge in [-0.05, 0) is 31.0 Å². The molecule has 0 spiro atoms. The van der Waals surface area contributed by atoms with Gasteiger partial charge < -0.3 is 10.2 Å². The van der Waals surface area contributed by atoms with Crippen molar-refractivity contribution in [2.45, 2.75) is 37.6 Å². The van der Waals surface area contributed by atoms with E-state index in [4.69, 9.17) is 21.8 Å². The van der Waals surface area contributed by atoms with Gasteiger partial charge >= 0.3 is 0 Å². The molecule has 1 aromatic carbocycles. The monoisotopic (exact) mass is 250 g/mol. The number of benzene rings is 1. The molecular weight excluding hydrogens is 236 g/mol. The number of hydrogen-bond acceptors (Lipinski definition) is 3. The van der Waals surface area contributed by atoms with Crippen LogP contribution in [0, 0.1) is 0 Å². The van der Waals surface area contributed by atoms with Crippen LogP contribution in [-0.2, 0) is 6.42 Å². The Labute approximate surface area is 105 Å². The van der Waals surface area contributed by atoms with Crippen molar-refractivity contribution in [3.05, 3.63) is 29.1 Å². The Morgan fingerprint density at radius 2 is 2.12 bits per heavy atom. The molecule has 0 amide bonds. The number of fused-ring (bicyclic) bond motifs is 1. The van der Waals surface area contributed by atoms with Crippen molar-refractivity contribution in [2.75, 3.05) is 0 Å². The van der Waals surface area contributed by atoms with Crippen LogP contribution >= 0.6 is 11.6 Å². The number of hydrogen-bond donors (Lipinski definition) is 1. The zero-order valence-corrected chi connectivity index (χ0v) is 10.3. The van der Waals surface area contributed by atoms with Crippen LogP contribution in [-0.4, -0.2) is 10.5 Å². The summed E-state index contributed by atoms with van der Waals surface area (Å²) >= 11 is 5.92. The van der Waals surface area contributed by atoms with E-state index in [1.807, 2.05) is 18.2 Å². The zero-order valence-electron chi connectivity index (χ0n) is 9.58. The molecule has 0 bridgehead atoms. The van der Waals surface area contributed by atoms with Crippen LogP contribution in [0.2, 0.25) is 5.02 Å². The van der Waals surface area contributed by atoms with Crippen LogP contribution in [0.15, 0.2) is 22.6 Å². The standard InChI is InChI=1S/C13H15ClN2O/c14-9-3-4-11-10(7-9)16-12(17-11)8-13(15)5-1-2-6-13/h3-4,7H,1-2,5-6,8,15H2. The summed E-state index contributed by atoms with van der Waals surface area (Å²) in [6.45, 7) is 0. The van der Waals surface area contributed by atoms with Crippen molar-refractivity contribution in [3.8, 4) is 0 Å². The minimum atomic E-state index is -0.120. The van der Waals surface area contributed by atoms with Gasteiger partial charge in [0.15, 0.2) is 11.5 Å². The first-order chi connectivity index (χ1) is 8.15. The van der Waals surface area contributed by atoms with E-state index >= 15 is 0 Å². The maximum absolute atomic E-state index is 6.32.